The van der Waals surface area contributed by atoms with Gasteiger partial charge in [0, 0.05) is 11.6 Å². The maximum Gasteiger partial charge on any atom is 0.136 e. The van der Waals surface area contributed by atoms with Gasteiger partial charge in [0.25, 0.3) is 0 Å². The van der Waals surface area contributed by atoms with Crippen LogP contribution in [0, 0.1) is 0 Å². The predicted molar refractivity (Wildman–Crippen MR) is 84.9 cm³/mol. The van der Waals surface area contributed by atoms with Crippen molar-refractivity contribution in [1.29, 1.82) is 0 Å². The number of para-hydroxylation sites is 1. The first-order chi connectivity index (χ1) is 9.74. The molecule has 0 radical (unpaired) electrons. The normalized spacial score (nSPS) is 10.6. The highest BCUT2D eigenvalue weighted by atomic mass is 79.9. The molecule has 0 amide bonds. The van der Waals surface area contributed by atoms with E-state index in [4.69, 9.17) is 9.47 Å². The maximum atomic E-state index is 5.33. The van der Waals surface area contributed by atoms with E-state index >= 15 is 0 Å². The second-order valence-corrected chi connectivity index (χ2v) is 4.82. The number of nitrogens with one attached hydrogen (secondary N) is 1. The van der Waals surface area contributed by atoms with Crippen molar-refractivity contribution in [2.45, 2.75) is 0 Å². The summed E-state index contributed by atoms with van der Waals surface area (Å²) in [6.45, 7) is 0. The van der Waals surface area contributed by atoms with Gasteiger partial charge in [-0.2, -0.15) is 5.10 Å². The van der Waals surface area contributed by atoms with Gasteiger partial charge in [-0.1, -0.05) is 18.2 Å². The largest absolute Gasteiger partial charge is 0.496 e. The fourth-order valence-electron chi connectivity index (χ4n) is 1.67. The van der Waals surface area contributed by atoms with E-state index in [1.54, 1.807) is 20.4 Å². The second kappa shape index (κ2) is 6.96. The number of halogens is 1. The summed E-state index contributed by atoms with van der Waals surface area (Å²) in [5.41, 5.74) is 4.74. The van der Waals surface area contributed by atoms with Crippen molar-refractivity contribution < 1.29 is 9.47 Å². The zero-order valence-corrected chi connectivity index (χ0v) is 12.8. The maximum absolute atomic E-state index is 5.33. The highest BCUT2D eigenvalue weighted by molar-refractivity contribution is 9.10. The van der Waals surface area contributed by atoms with Gasteiger partial charge in [0.15, 0.2) is 0 Å². The van der Waals surface area contributed by atoms with Gasteiger partial charge < -0.3 is 9.47 Å². The molecule has 0 aromatic heterocycles. The highest BCUT2D eigenvalue weighted by Crippen LogP contribution is 2.31. The van der Waals surface area contributed by atoms with Crippen molar-refractivity contribution in [3.63, 3.8) is 0 Å². The molecule has 2 aromatic rings. The van der Waals surface area contributed by atoms with Gasteiger partial charge in [-0.05, 0) is 34.1 Å². The Kier molecular flexibility index (Phi) is 5.01. The Balaban J connectivity index is 2.18. The lowest BCUT2D eigenvalue weighted by molar-refractivity contribution is 0.392. The predicted octanol–water partition coefficient (Wildman–Crippen LogP) is 3.91. The number of anilines is 1. The van der Waals surface area contributed by atoms with Crippen LogP contribution in [-0.2, 0) is 0 Å². The molecule has 4 nitrogen and oxygen atoms in total. The van der Waals surface area contributed by atoms with Gasteiger partial charge in [-0.25, -0.2) is 0 Å². The summed E-state index contributed by atoms with van der Waals surface area (Å²) in [7, 11) is 3.23. The van der Waals surface area contributed by atoms with Crippen molar-refractivity contribution >= 4 is 27.8 Å². The van der Waals surface area contributed by atoms with E-state index in [-0.39, 0.29) is 0 Å². The molecule has 0 spiro atoms. The average Bonchev–Trinajstić information content (AvgIpc) is 2.48. The van der Waals surface area contributed by atoms with Crippen molar-refractivity contribution in [3.8, 4) is 11.5 Å². The van der Waals surface area contributed by atoms with E-state index in [0.717, 1.165) is 21.5 Å². The number of benzene rings is 2. The van der Waals surface area contributed by atoms with Crippen molar-refractivity contribution in [3.05, 3.63) is 52.5 Å². The third-order valence-corrected chi connectivity index (χ3v) is 3.29. The first-order valence-electron chi connectivity index (χ1n) is 6.00. The number of hydrogen-bond donors (Lipinski definition) is 1. The minimum absolute atomic E-state index is 0.698. The molecule has 0 aliphatic heterocycles. The van der Waals surface area contributed by atoms with Crippen LogP contribution in [0.15, 0.2) is 52.0 Å². The smallest absolute Gasteiger partial charge is 0.136 e. The van der Waals surface area contributed by atoms with Gasteiger partial charge in [-0.15, -0.1) is 0 Å². The number of rotatable bonds is 5. The summed E-state index contributed by atoms with van der Waals surface area (Å²) in [6.07, 6.45) is 1.70. The molecule has 20 heavy (non-hydrogen) atoms. The monoisotopic (exact) mass is 334 g/mol. The van der Waals surface area contributed by atoms with Crippen LogP contribution in [0.5, 0.6) is 11.5 Å². The van der Waals surface area contributed by atoms with Crippen LogP contribution in [0.4, 0.5) is 5.69 Å². The average molecular weight is 335 g/mol. The molecule has 5 heteroatoms. The highest BCUT2D eigenvalue weighted by Gasteiger charge is 2.07. The van der Waals surface area contributed by atoms with Crippen molar-refractivity contribution in [1.82, 2.24) is 0 Å². The Morgan fingerprint density at radius 3 is 2.40 bits per heavy atom. The Hall–Kier alpha value is -2.01. The molecule has 0 unspecified atom stereocenters. The molecule has 0 aliphatic rings. The lowest BCUT2D eigenvalue weighted by Crippen LogP contribution is -1.96. The zero-order chi connectivity index (χ0) is 14.4. The molecule has 0 atom stereocenters. The quantitative estimate of drug-likeness (QED) is 0.665. The van der Waals surface area contributed by atoms with E-state index in [1.165, 1.54) is 0 Å². The van der Waals surface area contributed by atoms with Crippen LogP contribution in [0.1, 0.15) is 5.56 Å². The summed E-state index contributed by atoms with van der Waals surface area (Å²) in [6, 6.07) is 13.4. The molecule has 0 aliphatic carbocycles. The Morgan fingerprint density at radius 2 is 1.75 bits per heavy atom. The van der Waals surface area contributed by atoms with Crippen LogP contribution in [0.3, 0.4) is 0 Å². The van der Waals surface area contributed by atoms with Gasteiger partial charge in [-0.3, -0.25) is 5.43 Å². The molecular formula is C15H15BrN2O2. The fraction of sp³-hybridized carbons (Fsp3) is 0.133. The van der Waals surface area contributed by atoms with Crippen LogP contribution in [0.25, 0.3) is 0 Å². The summed E-state index contributed by atoms with van der Waals surface area (Å²) in [5, 5.41) is 4.20. The molecular weight excluding hydrogens is 320 g/mol. The minimum Gasteiger partial charge on any atom is -0.496 e. The molecule has 2 aromatic carbocycles. The minimum atomic E-state index is 0.698. The number of ether oxygens (including phenoxy) is 2. The van der Waals surface area contributed by atoms with Gasteiger partial charge >= 0.3 is 0 Å². The number of methoxy groups -OCH3 is 2. The number of hydrazone groups is 1. The van der Waals surface area contributed by atoms with E-state index in [9.17, 15) is 0 Å². The number of nitrogens with zero attached hydrogens (tertiary/aromatic N) is 1. The molecule has 0 saturated heterocycles. The lowest BCUT2D eigenvalue weighted by atomic mass is 10.2. The molecule has 0 heterocycles. The molecule has 0 saturated carbocycles. The fourth-order valence-corrected chi connectivity index (χ4v) is 2.20. The van der Waals surface area contributed by atoms with Gasteiger partial charge in [0.2, 0.25) is 0 Å². The molecule has 2 rings (SSSR count). The van der Waals surface area contributed by atoms with E-state index in [0.29, 0.717) is 5.75 Å². The van der Waals surface area contributed by atoms with Crippen LogP contribution >= 0.6 is 15.9 Å². The molecule has 104 valence electrons. The first-order valence-corrected chi connectivity index (χ1v) is 6.79. The van der Waals surface area contributed by atoms with Crippen LogP contribution < -0.4 is 14.9 Å². The Morgan fingerprint density at radius 1 is 1.05 bits per heavy atom. The summed E-state index contributed by atoms with van der Waals surface area (Å²) in [4.78, 5) is 0. The standard InChI is InChI=1S/C15H15BrN2O2/c1-19-14-9-15(20-2)13(16)8-11(14)10-17-18-12-6-4-3-5-7-12/h3-10,18H,1-2H3. The third kappa shape index (κ3) is 3.51. The van der Waals surface area contributed by atoms with Crippen molar-refractivity contribution in [2.24, 2.45) is 5.10 Å². The third-order valence-electron chi connectivity index (χ3n) is 2.68. The summed E-state index contributed by atoms with van der Waals surface area (Å²) in [5.74, 6) is 1.42. The van der Waals surface area contributed by atoms with E-state index in [1.807, 2.05) is 42.5 Å². The van der Waals surface area contributed by atoms with Crippen LogP contribution in [0.2, 0.25) is 0 Å². The first kappa shape index (κ1) is 14.4. The van der Waals surface area contributed by atoms with Gasteiger partial charge in [0.05, 0.1) is 30.6 Å². The SMILES string of the molecule is COc1cc(OC)c(C=NNc2ccccc2)cc1Br. The second-order valence-electron chi connectivity index (χ2n) is 3.96. The summed E-state index contributed by atoms with van der Waals surface area (Å²) >= 11 is 3.44. The van der Waals surface area contributed by atoms with Crippen molar-refractivity contribution in [2.75, 3.05) is 19.6 Å². The Bertz CT molecular complexity index is 600. The molecule has 0 fully saturated rings. The molecule has 1 N–H and O–H groups in total. The van der Waals surface area contributed by atoms with E-state index < -0.39 is 0 Å². The number of hydrogen-bond acceptors (Lipinski definition) is 4. The van der Waals surface area contributed by atoms with E-state index in [2.05, 4.69) is 26.5 Å². The lowest BCUT2D eigenvalue weighted by Gasteiger charge is -2.09. The topological polar surface area (TPSA) is 42.9 Å². The Labute approximate surface area is 126 Å². The van der Waals surface area contributed by atoms with Gasteiger partial charge in [0.1, 0.15) is 11.5 Å². The summed E-state index contributed by atoms with van der Waals surface area (Å²) < 4.78 is 11.4. The molecule has 0 bridgehead atoms. The zero-order valence-electron chi connectivity index (χ0n) is 11.3. The van der Waals surface area contributed by atoms with Crippen LogP contribution in [-0.4, -0.2) is 20.4 Å².